The number of rotatable bonds is 8. The summed E-state index contributed by atoms with van der Waals surface area (Å²) in [6.45, 7) is -0.111. The van der Waals surface area contributed by atoms with E-state index in [-0.39, 0.29) is 24.1 Å². The van der Waals surface area contributed by atoms with Crippen LogP contribution in [0.25, 0.3) is 10.9 Å². The number of aromatic nitrogens is 2. The van der Waals surface area contributed by atoms with Crippen LogP contribution in [0.3, 0.4) is 0 Å². The van der Waals surface area contributed by atoms with Crippen molar-refractivity contribution in [1.29, 1.82) is 0 Å². The number of nitrogens with one attached hydrogen (secondary N) is 2. The van der Waals surface area contributed by atoms with Crippen molar-refractivity contribution in [2.75, 3.05) is 6.61 Å². The third kappa shape index (κ3) is 5.24. The van der Waals surface area contributed by atoms with E-state index in [1.54, 1.807) is 18.2 Å². The predicted molar refractivity (Wildman–Crippen MR) is 104 cm³/mol. The van der Waals surface area contributed by atoms with E-state index in [4.69, 9.17) is 0 Å². The molecular formula is C21H23N3O3. The van der Waals surface area contributed by atoms with Gasteiger partial charge in [-0.2, -0.15) is 0 Å². The number of nitrogens with zero attached hydrogens (tertiary/aromatic N) is 1. The summed E-state index contributed by atoms with van der Waals surface area (Å²) in [6, 6.07) is 16.6. The summed E-state index contributed by atoms with van der Waals surface area (Å²) in [4.78, 5) is 31.4. The van der Waals surface area contributed by atoms with Crippen LogP contribution in [0, 0.1) is 0 Å². The lowest BCUT2D eigenvalue weighted by atomic mass is 10.1. The number of amides is 1. The molecule has 1 atom stereocenters. The molecular weight excluding hydrogens is 342 g/mol. The zero-order valence-electron chi connectivity index (χ0n) is 15.0. The highest BCUT2D eigenvalue weighted by atomic mass is 16.3. The average molecular weight is 365 g/mol. The molecule has 3 N–H and O–H groups in total. The maximum atomic E-state index is 12.2. The van der Waals surface area contributed by atoms with E-state index in [9.17, 15) is 14.7 Å². The third-order valence-electron chi connectivity index (χ3n) is 4.39. The molecule has 1 heterocycles. The van der Waals surface area contributed by atoms with Gasteiger partial charge in [-0.25, -0.2) is 4.98 Å². The van der Waals surface area contributed by atoms with Crippen molar-refractivity contribution in [3.05, 3.63) is 76.3 Å². The molecule has 0 radical (unpaired) electrons. The summed E-state index contributed by atoms with van der Waals surface area (Å²) in [6.07, 6.45) is 1.97. The topological polar surface area (TPSA) is 95.1 Å². The van der Waals surface area contributed by atoms with Crippen molar-refractivity contribution in [1.82, 2.24) is 15.3 Å². The summed E-state index contributed by atoms with van der Waals surface area (Å²) in [5, 5.41) is 12.9. The maximum absolute atomic E-state index is 12.2. The number of aromatic amines is 1. The van der Waals surface area contributed by atoms with Crippen LogP contribution in [-0.4, -0.2) is 33.6 Å². The Kier molecular flexibility index (Phi) is 6.33. The normalized spacial score (nSPS) is 12.0. The van der Waals surface area contributed by atoms with Crippen molar-refractivity contribution in [2.45, 2.75) is 31.7 Å². The molecule has 27 heavy (non-hydrogen) atoms. The zero-order valence-corrected chi connectivity index (χ0v) is 15.0. The SMILES string of the molecule is O=C(CCCc1nc2ccccc2c(=O)[nH]1)NC(CO)Cc1ccccc1. The number of fused-ring (bicyclic) bond motifs is 1. The van der Waals surface area contributed by atoms with Crippen molar-refractivity contribution < 1.29 is 9.90 Å². The van der Waals surface area contributed by atoms with Crippen molar-refractivity contribution >= 4 is 16.8 Å². The first-order chi connectivity index (χ1) is 13.2. The molecule has 0 bridgehead atoms. The summed E-state index contributed by atoms with van der Waals surface area (Å²) in [7, 11) is 0. The van der Waals surface area contributed by atoms with Crippen LogP contribution in [0.1, 0.15) is 24.2 Å². The van der Waals surface area contributed by atoms with E-state index in [0.717, 1.165) is 5.56 Å². The average Bonchev–Trinajstić information content (AvgIpc) is 2.68. The largest absolute Gasteiger partial charge is 0.394 e. The Balaban J connectivity index is 1.51. The Morgan fingerprint density at radius 2 is 1.85 bits per heavy atom. The van der Waals surface area contributed by atoms with Gasteiger partial charge in [-0.05, 0) is 30.5 Å². The quantitative estimate of drug-likeness (QED) is 0.569. The smallest absolute Gasteiger partial charge is 0.258 e. The van der Waals surface area contributed by atoms with Gasteiger partial charge in [-0.1, -0.05) is 42.5 Å². The number of aliphatic hydroxyl groups is 1. The number of aryl methyl sites for hydroxylation is 1. The van der Waals surface area contributed by atoms with E-state index < -0.39 is 0 Å². The molecule has 1 amide bonds. The van der Waals surface area contributed by atoms with E-state index in [1.807, 2.05) is 36.4 Å². The first kappa shape index (κ1) is 18.8. The Hall–Kier alpha value is -2.99. The number of H-pyrrole nitrogens is 1. The second-order valence-electron chi connectivity index (χ2n) is 6.52. The number of carbonyl (C=O) groups is 1. The van der Waals surface area contributed by atoms with E-state index in [0.29, 0.717) is 42.4 Å². The Labute approximate surface area is 157 Å². The monoisotopic (exact) mass is 365 g/mol. The lowest BCUT2D eigenvalue weighted by Gasteiger charge is -2.16. The van der Waals surface area contributed by atoms with Crippen LogP contribution >= 0.6 is 0 Å². The second kappa shape index (κ2) is 9.09. The number of benzene rings is 2. The molecule has 1 aromatic heterocycles. The van der Waals surface area contributed by atoms with Gasteiger partial charge in [0, 0.05) is 12.8 Å². The third-order valence-corrected chi connectivity index (χ3v) is 4.39. The number of para-hydroxylation sites is 1. The fraction of sp³-hybridized carbons (Fsp3) is 0.286. The summed E-state index contributed by atoms with van der Waals surface area (Å²) < 4.78 is 0. The van der Waals surface area contributed by atoms with Gasteiger partial charge in [0.2, 0.25) is 5.91 Å². The van der Waals surface area contributed by atoms with Gasteiger partial charge in [-0.15, -0.1) is 0 Å². The molecule has 6 nitrogen and oxygen atoms in total. The lowest BCUT2D eigenvalue weighted by Crippen LogP contribution is -2.39. The fourth-order valence-electron chi connectivity index (χ4n) is 3.03. The summed E-state index contributed by atoms with van der Waals surface area (Å²) >= 11 is 0. The minimum atomic E-state index is -0.307. The van der Waals surface area contributed by atoms with Crippen molar-refractivity contribution in [3.63, 3.8) is 0 Å². The van der Waals surface area contributed by atoms with Crippen molar-refractivity contribution in [2.24, 2.45) is 0 Å². The van der Waals surface area contributed by atoms with Crippen molar-refractivity contribution in [3.8, 4) is 0 Å². The molecule has 0 aliphatic rings. The highest BCUT2D eigenvalue weighted by Gasteiger charge is 2.12. The van der Waals surface area contributed by atoms with Crippen LogP contribution in [0.5, 0.6) is 0 Å². The fourth-order valence-corrected chi connectivity index (χ4v) is 3.03. The van der Waals surface area contributed by atoms with E-state index in [1.165, 1.54) is 0 Å². The molecule has 140 valence electrons. The molecule has 3 aromatic rings. The number of hydrogen-bond donors (Lipinski definition) is 3. The van der Waals surface area contributed by atoms with Gasteiger partial charge >= 0.3 is 0 Å². The van der Waals surface area contributed by atoms with Crippen LogP contribution < -0.4 is 10.9 Å². The van der Waals surface area contributed by atoms with Gasteiger partial charge in [0.1, 0.15) is 5.82 Å². The maximum Gasteiger partial charge on any atom is 0.258 e. The lowest BCUT2D eigenvalue weighted by molar-refractivity contribution is -0.122. The highest BCUT2D eigenvalue weighted by molar-refractivity contribution is 5.77. The molecule has 6 heteroatoms. The first-order valence-electron chi connectivity index (χ1n) is 9.08. The summed E-state index contributed by atoms with van der Waals surface area (Å²) in [5.74, 6) is 0.461. The number of carbonyl (C=O) groups excluding carboxylic acids is 1. The second-order valence-corrected chi connectivity index (χ2v) is 6.52. The minimum absolute atomic E-state index is 0.111. The molecule has 2 aromatic carbocycles. The Morgan fingerprint density at radius 3 is 2.63 bits per heavy atom. The van der Waals surface area contributed by atoms with Gasteiger partial charge < -0.3 is 15.4 Å². The van der Waals surface area contributed by atoms with Gasteiger partial charge in [0.15, 0.2) is 0 Å². The zero-order chi connectivity index (χ0) is 19.1. The summed E-state index contributed by atoms with van der Waals surface area (Å²) in [5.41, 5.74) is 1.56. The molecule has 1 unspecified atom stereocenters. The van der Waals surface area contributed by atoms with Crippen LogP contribution in [-0.2, 0) is 17.6 Å². The Morgan fingerprint density at radius 1 is 1.11 bits per heavy atom. The minimum Gasteiger partial charge on any atom is -0.394 e. The Bertz CT molecular complexity index is 954. The van der Waals surface area contributed by atoms with Crippen LogP contribution in [0.15, 0.2) is 59.4 Å². The molecule has 0 spiro atoms. The standard InChI is InChI=1S/C21H23N3O3/c25-14-16(13-15-7-2-1-3-8-15)22-20(26)12-6-11-19-23-18-10-5-4-9-17(18)21(27)24-19/h1-5,7-10,16,25H,6,11-14H2,(H,22,26)(H,23,24,27). The van der Waals surface area contributed by atoms with Gasteiger partial charge in [0.05, 0.1) is 23.6 Å². The van der Waals surface area contributed by atoms with Crippen LogP contribution in [0.4, 0.5) is 0 Å². The number of hydrogen-bond acceptors (Lipinski definition) is 4. The molecule has 0 saturated carbocycles. The van der Waals surface area contributed by atoms with Gasteiger partial charge in [-0.3, -0.25) is 9.59 Å². The van der Waals surface area contributed by atoms with Gasteiger partial charge in [0.25, 0.3) is 5.56 Å². The van der Waals surface area contributed by atoms with E-state index >= 15 is 0 Å². The highest BCUT2D eigenvalue weighted by Crippen LogP contribution is 2.08. The predicted octanol–water partition coefficient (Wildman–Crippen LogP) is 1.97. The molecule has 0 aliphatic carbocycles. The van der Waals surface area contributed by atoms with Crippen LogP contribution in [0.2, 0.25) is 0 Å². The number of aliphatic hydroxyl groups excluding tert-OH is 1. The molecule has 0 fully saturated rings. The van der Waals surface area contributed by atoms with E-state index in [2.05, 4.69) is 15.3 Å². The molecule has 0 aliphatic heterocycles. The first-order valence-corrected chi connectivity index (χ1v) is 9.08. The molecule has 0 saturated heterocycles. The molecule has 3 rings (SSSR count).